The van der Waals surface area contributed by atoms with E-state index in [1.54, 1.807) is 0 Å². The Bertz CT molecular complexity index is 1390. The lowest BCUT2D eigenvalue weighted by Gasteiger charge is -2.70. The van der Waals surface area contributed by atoms with Crippen molar-refractivity contribution in [2.75, 3.05) is 6.61 Å². The first-order valence-electron chi connectivity index (χ1n) is 23.1. The van der Waals surface area contributed by atoms with E-state index in [2.05, 4.69) is 47.6 Å². The standard InChI is InChI=1S/C48H80O8/c1-9-10-11-12-13-14-15-16-17-18-19-20-21-22-41(51)54-32-48(53)31-36-35(42(43(48)52)56-34(3)50)25-29-46(7)37(36)23-24-39-45(6)28-27-40(55-33(2)49)44(4,5)38(45)26-30-47(39,46)8/h23,35-36,38-40,42-43,52-53H,9-22,24-32H2,1-8H3/t35-,36-,38+,39-,40-,42-,43-,45+,46-,47-,48+/m1/s1. The fraction of sp³-hybridized carbons (Fsp3) is 0.896. The molecule has 11 atom stereocenters. The molecule has 2 N–H and O–H groups in total. The molecule has 0 aromatic rings. The van der Waals surface area contributed by atoms with Gasteiger partial charge < -0.3 is 24.4 Å². The third-order valence-corrected chi connectivity index (χ3v) is 16.8. The van der Waals surface area contributed by atoms with Crippen LogP contribution < -0.4 is 0 Å². The average Bonchev–Trinajstić information content (AvgIpc) is 3.12. The van der Waals surface area contributed by atoms with Gasteiger partial charge in [-0.1, -0.05) is 130 Å². The molecule has 0 aromatic carbocycles. The zero-order valence-electron chi connectivity index (χ0n) is 36.7. The summed E-state index contributed by atoms with van der Waals surface area (Å²) in [6, 6.07) is 0. The molecule has 0 aromatic heterocycles. The van der Waals surface area contributed by atoms with Crippen molar-refractivity contribution in [2.24, 2.45) is 45.3 Å². The summed E-state index contributed by atoms with van der Waals surface area (Å²) < 4.78 is 17.5. The van der Waals surface area contributed by atoms with Crippen molar-refractivity contribution < 1.29 is 38.8 Å². The first-order valence-corrected chi connectivity index (χ1v) is 23.1. The molecule has 5 rings (SSSR count). The number of aliphatic hydroxyl groups is 2. The summed E-state index contributed by atoms with van der Waals surface area (Å²) in [7, 11) is 0. The average molecular weight is 785 g/mol. The van der Waals surface area contributed by atoms with Crippen LogP contribution in [0.2, 0.25) is 0 Å². The minimum atomic E-state index is -1.73. The largest absolute Gasteiger partial charge is 0.462 e. The van der Waals surface area contributed by atoms with Gasteiger partial charge in [-0.2, -0.15) is 0 Å². The number of rotatable bonds is 18. The first kappa shape index (κ1) is 45.2. The molecule has 0 amide bonds. The highest BCUT2D eigenvalue weighted by atomic mass is 16.6. The van der Waals surface area contributed by atoms with E-state index in [-0.39, 0.29) is 64.6 Å². The molecule has 0 unspecified atom stereocenters. The van der Waals surface area contributed by atoms with Gasteiger partial charge in [0, 0.05) is 31.6 Å². The number of allylic oxidation sites excluding steroid dienone is 2. The molecule has 5 aliphatic rings. The quantitative estimate of drug-likeness (QED) is 0.0610. The third-order valence-electron chi connectivity index (χ3n) is 16.8. The molecule has 0 heterocycles. The zero-order valence-corrected chi connectivity index (χ0v) is 36.7. The molecule has 0 aliphatic heterocycles. The second-order valence-corrected chi connectivity index (χ2v) is 20.5. The predicted molar refractivity (Wildman–Crippen MR) is 220 cm³/mol. The van der Waals surface area contributed by atoms with Gasteiger partial charge in [0.1, 0.15) is 30.5 Å². The van der Waals surface area contributed by atoms with Gasteiger partial charge in [-0.3, -0.25) is 14.4 Å². The predicted octanol–water partition coefficient (Wildman–Crippen LogP) is 10.6. The Morgan fingerprint density at radius 3 is 1.93 bits per heavy atom. The van der Waals surface area contributed by atoms with E-state index in [0.717, 1.165) is 64.2 Å². The van der Waals surface area contributed by atoms with Crippen LogP contribution in [0.3, 0.4) is 0 Å². The van der Waals surface area contributed by atoms with E-state index in [4.69, 9.17) is 14.2 Å². The maximum absolute atomic E-state index is 13.0. The number of unbranched alkanes of at least 4 members (excludes halogenated alkanes) is 12. The van der Waals surface area contributed by atoms with Gasteiger partial charge in [-0.25, -0.2) is 0 Å². The molecule has 4 fully saturated rings. The van der Waals surface area contributed by atoms with Gasteiger partial charge in [-0.15, -0.1) is 0 Å². The highest BCUT2D eigenvalue weighted by Gasteiger charge is 2.69. The Hall–Kier alpha value is -1.93. The van der Waals surface area contributed by atoms with E-state index in [0.29, 0.717) is 18.3 Å². The fourth-order valence-corrected chi connectivity index (χ4v) is 13.6. The second-order valence-electron chi connectivity index (χ2n) is 20.5. The summed E-state index contributed by atoms with van der Waals surface area (Å²) in [5.41, 5.74) is -0.588. The number of esters is 3. The maximum Gasteiger partial charge on any atom is 0.305 e. The van der Waals surface area contributed by atoms with Gasteiger partial charge in [0.15, 0.2) is 0 Å². The van der Waals surface area contributed by atoms with Crippen molar-refractivity contribution in [2.45, 2.75) is 221 Å². The summed E-state index contributed by atoms with van der Waals surface area (Å²) in [5, 5.41) is 23.9. The van der Waals surface area contributed by atoms with Crippen LogP contribution in [0.5, 0.6) is 0 Å². The Balaban J connectivity index is 1.22. The van der Waals surface area contributed by atoms with Gasteiger partial charge in [0.2, 0.25) is 0 Å². The first-order chi connectivity index (χ1) is 26.4. The zero-order chi connectivity index (χ0) is 40.9. The molecule has 56 heavy (non-hydrogen) atoms. The monoisotopic (exact) mass is 785 g/mol. The summed E-state index contributed by atoms with van der Waals surface area (Å²) >= 11 is 0. The van der Waals surface area contributed by atoms with Crippen molar-refractivity contribution in [1.82, 2.24) is 0 Å². The van der Waals surface area contributed by atoms with Gasteiger partial charge in [0.25, 0.3) is 0 Å². The van der Waals surface area contributed by atoms with Crippen molar-refractivity contribution in [3.63, 3.8) is 0 Å². The number of hydrogen-bond donors (Lipinski definition) is 2. The fourth-order valence-electron chi connectivity index (χ4n) is 13.6. The van der Waals surface area contributed by atoms with E-state index >= 15 is 0 Å². The minimum Gasteiger partial charge on any atom is -0.462 e. The van der Waals surface area contributed by atoms with Crippen LogP contribution in [0.25, 0.3) is 0 Å². The summed E-state index contributed by atoms with van der Waals surface area (Å²) in [6.07, 6.45) is 23.4. The lowest BCUT2D eigenvalue weighted by Crippen LogP contribution is -2.67. The molecule has 8 heteroatoms. The van der Waals surface area contributed by atoms with Gasteiger partial charge in [-0.05, 0) is 91.8 Å². The van der Waals surface area contributed by atoms with E-state index < -0.39 is 23.8 Å². The second kappa shape index (κ2) is 18.6. The normalized spacial score (nSPS) is 38.5. The van der Waals surface area contributed by atoms with Crippen molar-refractivity contribution >= 4 is 17.9 Å². The highest BCUT2D eigenvalue weighted by molar-refractivity contribution is 5.69. The van der Waals surface area contributed by atoms with E-state index in [9.17, 15) is 24.6 Å². The molecular weight excluding hydrogens is 705 g/mol. The van der Waals surface area contributed by atoms with E-state index in [1.807, 2.05) is 0 Å². The van der Waals surface area contributed by atoms with Crippen molar-refractivity contribution in [3.05, 3.63) is 11.6 Å². The van der Waals surface area contributed by atoms with Crippen LogP contribution in [0.15, 0.2) is 11.6 Å². The van der Waals surface area contributed by atoms with E-state index in [1.165, 1.54) is 83.6 Å². The van der Waals surface area contributed by atoms with Gasteiger partial charge in [0.05, 0.1) is 0 Å². The number of hydrogen-bond acceptors (Lipinski definition) is 8. The molecule has 0 radical (unpaired) electrons. The van der Waals surface area contributed by atoms with Crippen molar-refractivity contribution in [3.8, 4) is 0 Å². The third kappa shape index (κ3) is 9.11. The topological polar surface area (TPSA) is 119 Å². The molecule has 4 saturated carbocycles. The summed E-state index contributed by atoms with van der Waals surface area (Å²) in [6.45, 7) is 16.9. The number of ether oxygens (including phenoxy) is 3. The smallest absolute Gasteiger partial charge is 0.305 e. The SMILES string of the molecule is CCCCCCCCCCCCCCCC(=O)OC[C@@]1(O)C[C@H]2C3=CC[C@@H]4[C@@]5(C)CC[C@@H](OC(C)=O)C(C)(C)[C@@H]5CC[C@@]4(C)[C@]3(C)CC[C@H]2[C@@H](OC(C)=O)[C@H]1O. The number of aliphatic hydroxyl groups excluding tert-OH is 1. The molecule has 0 spiro atoms. The Labute approximate surface area is 340 Å². The molecule has 5 aliphatic carbocycles. The minimum absolute atomic E-state index is 0.00309. The Morgan fingerprint density at radius 1 is 0.750 bits per heavy atom. The molecule has 8 nitrogen and oxygen atoms in total. The van der Waals surface area contributed by atoms with Crippen LogP contribution in [0.4, 0.5) is 0 Å². The molecule has 0 bridgehead atoms. The molecule has 320 valence electrons. The van der Waals surface area contributed by atoms with Crippen molar-refractivity contribution in [1.29, 1.82) is 0 Å². The number of carbonyl (C=O) groups is 3. The lowest BCUT2D eigenvalue weighted by atomic mass is 9.34. The van der Waals surface area contributed by atoms with Crippen LogP contribution in [0.1, 0.15) is 197 Å². The van der Waals surface area contributed by atoms with Crippen LogP contribution in [0, 0.1) is 45.3 Å². The Morgan fingerprint density at radius 2 is 1.34 bits per heavy atom. The Kier molecular flexibility index (Phi) is 15.0. The number of fused-ring (bicyclic) bond motifs is 7. The summed E-state index contributed by atoms with van der Waals surface area (Å²) in [4.78, 5) is 37.5. The molecule has 0 saturated heterocycles. The summed E-state index contributed by atoms with van der Waals surface area (Å²) in [5.74, 6) is -0.384. The number of carbonyl (C=O) groups excluding carboxylic acids is 3. The maximum atomic E-state index is 13.0. The van der Waals surface area contributed by atoms with Crippen LogP contribution in [-0.4, -0.2) is 58.6 Å². The van der Waals surface area contributed by atoms with Gasteiger partial charge >= 0.3 is 17.9 Å². The highest BCUT2D eigenvalue weighted by Crippen LogP contribution is 2.74. The molecular formula is C48H80O8. The van der Waals surface area contributed by atoms with Crippen LogP contribution in [-0.2, 0) is 28.6 Å². The van der Waals surface area contributed by atoms with Crippen LogP contribution >= 0.6 is 0 Å². The lowest BCUT2D eigenvalue weighted by molar-refractivity contribution is -0.232.